The van der Waals surface area contributed by atoms with Crippen molar-refractivity contribution < 1.29 is 9.18 Å². The Hall–Kier alpha value is -3.28. The Bertz CT molecular complexity index is 1030. The number of carbonyl (C=O) groups is 1. The van der Waals surface area contributed by atoms with Crippen LogP contribution in [0.25, 0.3) is 0 Å². The van der Waals surface area contributed by atoms with Crippen LogP contribution in [0.2, 0.25) is 0 Å². The minimum atomic E-state index is -0.383. The zero-order valence-electron chi connectivity index (χ0n) is 17.1. The number of benzene rings is 2. The molecule has 0 spiro atoms. The van der Waals surface area contributed by atoms with E-state index in [1.807, 2.05) is 18.2 Å². The van der Waals surface area contributed by atoms with Gasteiger partial charge in [-0.3, -0.25) is 4.79 Å². The number of rotatable bonds is 5. The van der Waals surface area contributed by atoms with Crippen LogP contribution in [0, 0.1) is 12.7 Å². The number of carbonyl (C=O) groups excluding carboxylic acids is 1. The molecule has 0 radical (unpaired) electrons. The average Bonchev–Trinajstić information content (AvgIpc) is 2.66. The highest BCUT2D eigenvalue weighted by Gasteiger charge is 2.18. The number of para-hydroxylation sites is 1. The molecule has 1 aromatic heterocycles. The van der Waals surface area contributed by atoms with Gasteiger partial charge < -0.3 is 10.6 Å². The molecule has 5 nitrogen and oxygen atoms in total. The van der Waals surface area contributed by atoms with E-state index in [-0.39, 0.29) is 29.4 Å². The van der Waals surface area contributed by atoms with Gasteiger partial charge in [-0.05, 0) is 36.1 Å². The molecule has 2 aromatic carbocycles. The fourth-order valence-corrected chi connectivity index (χ4v) is 3.02. The normalized spacial score (nSPS) is 11.2. The topological polar surface area (TPSA) is 66.9 Å². The van der Waals surface area contributed by atoms with Gasteiger partial charge in [0, 0.05) is 23.5 Å². The molecule has 0 saturated heterocycles. The van der Waals surface area contributed by atoms with Crippen molar-refractivity contribution in [3.8, 4) is 0 Å². The first-order valence-corrected chi connectivity index (χ1v) is 9.48. The molecule has 0 aliphatic rings. The monoisotopic (exact) mass is 392 g/mol. The Labute approximate surface area is 170 Å². The second-order valence-electron chi connectivity index (χ2n) is 7.91. The van der Waals surface area contributed by atoms with E-state index in [1.54, 1.807) is 31.2 Å². The molecule has 0 saturated carbocycles. The standard InChI is InChI=1S/C23H25FN4O/c1-15-13-20(21(29)25-14-16-9-5-7-11-18(16)24)28-22(26-15)27-19-12-8-6-10-17(19)23(2,3)4/h5-13H,14H2,1-4H3,(H,25,29)(H,26,27,28). The summed E-state index contributed by atoms with van der Waals surface area (Å²) in [7, 11) is 0. The molecule has 0 aliphatic carbocycles. The molecule has 0 fully saturated rings. The van der Waals surface area contributed by atoms with Gasteiger partial charge in [0.2, 0.25) is 5.95 Å². The SMILES string of the molecule is Cc1cc(C(=O)NCc2ccccc2F)nc(Nc2ccccc2C(C)(C)C)n1. The lowest BCUT2D eigenvalue weighted by molar-refractivity contribution is 0.0945. The van der Waals surface area contributed by atoms with Crippen molar-refractivity contribution >= 4 is 17.5 Å². The first-order chi connectivity index (χ1) is 13.7. The summed E-state index contributed by atoms with van der Waals surface area (Å²) in [6.07, 6.45) is 0. The van der Waals surface area contributed by atoms with Crippen LogP contribution in [0.1, 0.15) is 48.1 Å². The number of anilines is 2. The molecule has 1 amide bonds. The highest BCUT2D eigenvalue weighted by atomic mass is 19.1. The second-order valence-corrected chi connectivity index (χ2v) is 7.91. The smallest absolute Gasteiger partial charge is 0.270 e. The predicted molar refractivity (Wildman–Crippen MR) is 113 cm³/mol. The van der Waals surface area contributed by atoms with Gasteiger partial charge >= 0.3 is 0 Å². The summed E-state index contributed by atoms with van der Waals surface area (Å²) in [6.45, 7) is 8.28. The van der Waals surface area contributed by atoms with E-state index < -0.39 is 0 Å². The summed E-state index contributed by atoms with van der Waals surface area (Å²) in [4.78, 5) is 21.3. The first-order valence-electron chi connectivity index (χ1n) is 9.48. The Morgan fingerprint density at radius 2 is 1.72 bits per heavy atom. The Balaban J connectivity index is 1.80. The number of amides is 1. The summed E-state index contributed by atoms with van der Waals surface area (Å²) in [5.41, 5.74) is 3.26. The number of hydrogen-bond acceptors (Lipinski definition) is 4. The van der Waals surface area contributed by atoms with Crippen molar-refractivity contribution in [3.05, 3.63) is 82.9 Å². The zero-order valence-corrected chi connectivity index (χ0v) is 17.1. The van der Waals surface area contributed by atoms with Crippen molar-refractivity contribution in [2.75, 3.05) is 5.32 Å². The largest absolute Gasteiger partial charge is 0.347 e. The van der Waals surface area contributed by atoms with Crippen LogP contribution in [-0.2, 0) is 12.0 Å². The number of nitrogens with zero attached hydrogens (tertiary/aromatic N) is 2. The molecular formula is C23H25FN4O. The Morgan fingerprint density at radius 3 is 2.45 bits per heavy atom. The van der Waals surface area contributed by atoms with Crippen LogP contribution >= 0.6 is 0 Å². The van der Waals surface area contributed by atoms with Crippen LogP contribution in [0.15, 0.2) is 54.6 Å². The second kappa shape index (κ2) is 8.39. The molecule has 29 heavy (non-hydrogen) atoms. The lowest BCUT2D eigenvalue weighted by atomic mass is 9.86. The number of nitrogens with one attached hydrogen (secondary N) is 2. The molecule has 0 aliphatic heterocycles. The maximum Gasteiger partial charge on any atom is 0.270 e. The Morgan fingerprint density at radius 1 is 1.03 bits per heavy atom. The van der Waals surface area contributed by atoms with Crippen LogP contribution in [0.4, 0.5) is 16.0 Å². The molecule has 3 aromatic rings. The molecule has 0 unspecified atom stereocenters. The molecule has 6 heteroatoms. The summed E-state index contributed by atoms with van der Waals surface area (Å²) < 4.78 is 13.8. The maximum absolute atomic E-state index is 13.8. The minimum Gasteiger partial charge on any atom is -0.347 e. The van der Waals surface area contributed by atoms with Gasteiger partial charge in [0.1, 0.15) is 11.5 Å². The summed E-state index contributed by atoms with van der Waals surface area (Å²) >= 11 is 0. The minimum absolute atomic E-state index is 0.0621. The van der Waals surface area contributed by atoms with Crippen LogP contribution in [0.3, 0.4) is 0 Å². The van der Waals surface area contributed by atoms with Gasteiger partial charge in [-0.25, -0.2) is 14.4 Å². The third-order valence-electron chi connectivity index (χ3n) is 4.47. The van der Waals surface area contributed by atoms with Gasteiger partial charge in [-0.15, -0.1) is 0 Å². The van der Waals surface area contributed by atoms with Crippen molar-refractivity contribution in [2.45, 2.75) is 39.7 Å². The third-order valence-corrected chi connectivity index (χ3v) is 4.47. The quantitative estimate of drug-likeness (QED) is 0.648. The van der Waals surface area contributed by atoms with E-state index >= 15 is 0 Å². The van der Waals surface area contributed by atoms with E-state index in [1.165, 1.54) is 6.07 Å². The van der Waals surface area contributed by atoms with E-state index in [0.29, 0.717) is 17.2 Å². The van der Waals surface area contributed by atoms with Crippen molar-refractivity contribution in [1.29, 1.82) is 0 Å². The molecule has 0 bridgehead atoms. The van der Waals surface area contributed by atoms with Crippen LogP contribution in [0.5, 0.6) is 0 Å². The maximum atomic E-state index is 13.8. The average molecular weight is 392 g/mol. The molecule has 3 rings (SSSR count). The number of halogens is 1. The molecular weight excluding hydrogens is 367 g/mol. The summed E-state index contributed by atoms with van der Waals surface area (Å²) in [6, 6.07) is 15.9. The van der Waals surface area contributed by atoms with E-state index in [9.17, 15) is 9.18 Å². The van der Waals surface area contributed by atoms with Crippen LogP contribution in [-0.4, -0.2) is 15.9 Å². The van der Waals surface area contributed by atoms with Crippen LogP contribution < -0.4 is 10.6 Å². The van der Waals surface area contributed by atoms with E-state index in [0.717, 1.165) is 11.3 Å². The van der Waals surface area contributed by atoms with Crippen molar-refractivity contribution in [3.63, 3.8) is 0 Å². The first kappa shape index (κ1) is 20.5. The molecule has 0 atom stereocenters. The third kappa shape index (κ3) is 5.16. The Kier molecular flexibility index (Phi) is 5.92. The number of hydrogen-bond donors (Lipinski definition) is 2. The lowest BCUT2D eigenvalue weighted by Gasteiger charge is -2.23. The number of aromatic nitrogens is 2. The van der Waals surface area contributed by atoms with Gasteiger partial charge in [-0.1, -0.05) is 57.2 Å². The van der Waals surface area contributed by atoms with E-state index in [2.05, 4.69) is 47.4 Å². The lowest BCUT2D eigenvalue weighted by Crippen LogP contribution is -2.25. The summed E-state index contributed by atoms with van der Waals surface area (Å²) in [5.74, 6) is -0.392. The predicted octanol–water partition coefficient (Wildman–Crippen LogP) is 4.90. The molecule has 2 N–H and O–H groups in total. The van der Waals surface area contributed by atoms with Crippen molar-refractivity contribution in [2.24, 2.45) is 0 Å². The molecule has 1 heterocycles. The highest BCUT2D eigenvalue weighted by molar-refractivity contribution is 5.92. The fraction of sp³-hybridized carbons (Fsp3) is 0.261. The molecule has 150 valence electrons. The number of aryl methyl sites for hydroxylation is 1. The van der Waals surface area contributed by atoms with E-state index in [4.69, 9.17) is 0 Å². The van der Waals surface area contributed by atoms with Crippen molar-refractivity contribution in [1.82, 2.24) is 15.3 Å². The summed E-state index contributed by atoms with van der Waals surface area (Å²) in [5, 5.41) is 5.95. The van der Waals surface area contributed by atoms with Gasteiger partial charge in [-0.2, -0.15) is 0 Å². The van der Waals surface area contributed by atoms with Gasteiger partial charge in [0.05, 0.1) is 0 Å². The zero-order chi connectivity index (χ0) is 21.0. The highest BCUT2D eigenvalue weighted by Crippen LogP contribution is 2.30. The van der Waals surface area contributed by atoms with Gasteiger partial charge in [0.15, 0.2) is 0 Å². The van der Waals surface area contributed by atoms with Gasteiger partial charge in [0.25, 0.3) is 5.91 Å². The fourth-order valence-electron chi connectivity index (χ4n) is 3.02.